The van der Waals surface area contributed by atoms with Crippen molar-refractivity contribution in [3.63, 3.8) is 0 Å². The van der Waals surface area contributed by atoms with Crippen LogP contribution >= 0.6 is 0 Å². The second-order valence-corrected chi connectivity index (χ2v) is 7.04. The van der Waals surface area contributed by atoms with Crippen LogP contribution in [0.1, 0.15) is 25.6 Å². The topological polar surface area (TPSA) is 66.0 Å². The molecule has 0 saturated heterocycles. The highest BCUT2D eigenvalue weighted by Crippen LogP contribution is 2.54. The number of hydrogen-bond acceptors (Lipinski definition) is 3. The highest BCUT2D eigenvalue weighted by atomic mass is 32.2. The molecular formula is C13H17F9N2O3S. The highest BCUT2D eigenvalue weighted by molar-refractivity contribution is 7.86. The summed E-state index contributed by atoms with van der Waals surface area (Å²) in [6.07, 6.45) is -0.378. The third-order valence-corrected chi connectivity index (χ3v) is 4.46. The first kappa shape index (κ1) is 26.5. The van der Waals surface area contributed by atoms with Gasteiger partial charge in [-0.15, -0.1) is 0 Å². The Morgan fingerprint density at radius 2 is 1.50 bits per heavy atom. The van der Waals surface area contributed by atoms with E-state index >= 15 is 0 Å². The van der Waals surface area contributed by atoms with Crippen LogP contribution < -0.4 is 4.57 Å². The van der Waals surface area contributed by atoms with Crippen molar-refractivity contribution in [1.29, 1.82) is 0 Å². The molecule has 0 aliphatic rings. The Bertz CT molecular complexity index is 758. The minimum atomic E-state index is -7.43. The molecule has 0 amide bonds. The molecular weight excluding hydrogens is 435 g/mol. The molecule has 166 valence electrons. The van der Waals surface area contributed by atoms with Crippen molar-refractivity contribution in [3.8, 4) is 0 Å². The summed E-state index contributed by atoms with van der Waals surface area (Å²) >= 11 is 0. The van der Waals surface area contributed by atoms with Crippen LogP contribution in [0.4, 0.5) is 39.5 Å². The molecule has 0 unspecified atom stereocenters. The zero-order valence-electron chi connectivity index (χ0n) is 14.7. The molecule has 1 rings (SSSR count). The molecule has 0 aliphatic carbocycles. The Labute approximate surface area is 154 Å². The smallest absolute Gasteiger partial charge is 0.460 e. The van der Waals surface area contributed by atoms with E-state index in [0.717, 1.165) is 6.54 Å². The summed E-state index contributed by atoms with van der Waals surface area (Å²) in [5.74, 6) is -13.5. The molecule has 0 radical (unpaired) electrons. The number of halogens is 9. The number of aryl methyl sites for hydroxylation is 2. The van der Waals surface area contributed by atoms with Gasteiger partial charge in [-0.05, 0) is 6.42 Å². The quantitative estimate of drug-likeness (QED) is 0.378. The molecule has 0 bridgehead atoms. The number of alkyl halides is 9. The van der Waals surface area contributed by atoms with Crippen LogP contribution in [0.25, 0.3) is 0 Å². The van der Waals surface area contributed by atoms with Gasteiger partial charge in [0.15, 0.2) is 10.1 Å². The Morgan fingerprint density at radius 3 is 1.79 bits per heavy atom. The molecule has 15 heteroatoms. The van der Waals surface area contributed by atoms with Crippen LogP contribution in [0.15, 0.2) is 12.4 Å². The molecule has 1 aromatic heterocycles. The minimum absolute atomic E-state index is 1.16. The van der Waals surface area contributed by atoms with E-state index in [1.807, 2.05) is 0 Å². The zero-order valence-corrected chi connectivity index (χ0v) is 15.5. The summed E-state index contributed by atoms with van der Waals surface area (Å²) in [6, 6.07) is 0. The largest absolute Gasteiger partial charge is 0.743 e. The van der Waals surface area contributed by atoms with Gasteiger partial charge in [0.25, 0.3) is 5.82 Å². The molecule has 1 aromatic rings. The van der Waals surface area contributed by atoms with Gasteiger partial charge < -0.3 is 4.55 Å². The van der Waals surface area contributed by atoms with Crippen molar-refractivity contribution in [1.82, 2.24) is 4.57 Å². The summed E-state index contributed by atoms with van der Waals surface area (Å²) in [7, 11) is -5.34. The summed E-state index contributed by atoms with van der Waals surface area (Å²) < 4.78 is 140. The minimum Gasteiger partial charge on any atom is -0.743 e. The fraction of sp³-hybridized carbons (Fsp3) is 0.769. The van der Waals surface area contributed by atoms with Crippen molar-refractivity contribution in [2.75, 3.05) is 0 Å². The Kier molecular flexibility index (Phi) is 8.01. The maximum absolute atomic E-state index is 12.2. The van der Waals surface area contributed by atoms with E-state index in [-0.39, 0.29) is 0 Å². The van der Waals surface area contributed by atoms with Crippen molar-refractivity contribution in [2.24, 2.45) is 7.05 Å². The summed E-state index contributed by atoms with van der Waals surface area (Å²) in [5.41, 5.74) is 0. The lowest BCUT2D eigenvalue weighted by Crippen LogP contribution is -2.63. The molecule has 28 heavy (non-hydrogen) atoms. The Balaban J connectivity index is 0.000000567. The number of imidazole rings is 1. The van der Waals surface area contributed by atoms with Crippen molar-refractivity contribution >= 4 is 10.1 Å². The summed E-state index contributed by atoms with van der Waals surface area (Å²) in [6.45, 7) is 5.53. The van der Waals surface area contributed by atoms with Gasteiger partial charge in [0.1, 0.15) is 12.4 Å². The van der Waals surface area contributed by atoms with Crippen LogP contribution in [-0.2, 0) is 23.7 Å². The van der Waals surface area contributed by atoms with E-state index in [2.05, 4.69) is 42.4 Å². The second-order valence-electron chi connectivity index (χ2n) is 5.62. The van der Waals surface area contributed by atoms with E-state index in [9.17, 15) is 52.5 Å². The Hall–Kier alpha value is -1.51. The van der Waals surface area contributed by atoms with Gasteiger partial charge in [-0.3, -0.25) is 0 Å². The molecule has 0 fully saturated rings. The maximum Gasteiger partial charge on any atom is 0.460 e. The van der Waals surface area contributed by atoms with E-state index < -0.39 is 33.4 Å². The van der Waals surface area contributed by atoms with E-state index in [1.54, 1.807) is 0 Å². The van der Waals surface area contributed by atoms with E-state index in [0.29, 0.717) is 0 Å². The molecule has 0 aliphatic heterocycles. The molecule has 0 N–H and O–H groups in total. The van der Waals surface area contributed by atoms with Gasteiger partial charge >= 0.3 is 23.3 Å². The van der Waals surface area contributed by atoms with Crippen molar-refractivity contribution in [3.05, 3.63) is 18.2 Å². The predicted molar refractivity (Wildman–Crippen MR) is 75.8 cm³/mol. The number of unbranched alkanes of at least 4 members (excludes halogenated alkanes) is 1. The van der Waals surface area contributed by atoms with Crippen LogP contribution in [-0.4, -0.2) is 40.8 Å². The first-order valence-electron chi connectivity index (χ1n) is 7.42. The van der Waals surface area contributed by atoms with Gasteiger partial charge in [0.2, 0.25) is 0 Å². The van der Waals surface area contributed by atoms with Crippen molar-refractivity contribution < 1.29 is 57.1 Å². The highest BCUT2D eigenvalue weighted by Gasteiger charge is 2.83. The molecule has 0 saturated carbocycles. The molecule has 0 aromatic carbocycles. The summed E-state index contributed by atoms with van der Waals surface area (Å²) in [5, 5.41) is -7.11. The van der Waals surface area contributed by atoms with Gasteiger partial charge in [-0.1, -0.05) is 13.3 Å². The fourth-order valence-electron chi connectivity index (χ4n) is 1.68. The number of nitrogens with zero attached hydrogens (tertiary/aromatic N) is 2. The lowest BCUT2D eigenvalue weighted by Gasteiger charge is -2.34. The molecule has 5 nitrogen and oxygen atoms in total. The lowest BCUT2D eigenvalue weighted by molar-refractivity contribution is -0.677. The first-order valence-corrected chi connectivity index (χ1v) is 8.83. The van der Waals surface area contributed by atoms with Gasteiger partial charge in [-0.25, -0.2) is 17.6 Å². The average molecular weight is 452 g/mol. The van der Waals surface area contributed by atoms with E-state index in [4.69, 9.17) is 0 Å². The van der Waals surface area contributed by atoms with Crippen LogP contribution in [0.2, 0.25) is 0 Å². The first-order chi connectivity index (χ1) is 12.3. The van der Waals surface area contributed by atoms with Gasteiger partial charge in [0.05, 0.1) is 13.6 Å². The third kappa shape index (κ3) is 5.10. The zero-order chi connectivity index (χ0) is 22.8. The normalized spacial score (nSPS) is 13.9. The third-order valence-electron chi connectivity index (χ3n) is 3.58. The SMILES string of the molecule is CCCCn1cc[n+](C)c1C.O=S(=O)([O-])C(F)(F)C(F)(F)C(F)(F)C(F)(F)F. The van der Waals surface area contributed by atoms with Gasteiger partial charge in [0, 0.05) is 6.92 Å². The molecule has 0 spiro atoms. The number of aromatic nitrogens is 2. The average Bonchev–Trinajstić information content (AvgIpc) is 2.82. The molecule has 1 heterocycles. The van der Waals surface area contributed by atoms with E-state index in [1.165, 1.54) is 18.7 Å². The maximum atomic E-state index is 12.2. The van der Waals surface area contributed by atoms with Crippen LogP contribution in [0.5, 0.6) is 0 Å². The second kappa shape index (κ2) is 8.47. The monoisotopic (exact) mass is 452 g/mol. The number of hydrogen-bond donors (Lipinski definition) is 0. The van der Waals surface area contributed by atoms with Gasteiger partial charge in [-0.2, -0.15) is 39.5 Å². The van der Waals surface area contributed by atoms with Crippen molar-refractivity contribution in [2.45, 2.75) is 56.5 Å². The standard InChI is InChI=1S/C9H17N2.C4HF9O3S/c1-4-5-6-11-8-7-10(3)9(11)2;5-1(6,3(9,10)11)2(7,8)4(12,13)17(14,15)16/h7-8H,4-6H2,1-3H3;(H,14,15,16)/q+1;/p-1. The Morgan fingerprint density at radius 1 is 1.04 bits per heavy atom. The predicted octanol–water partition coefficient (Wildman–Crippen LogP) is 3.38. The number of rotatable bonds is 6. The molecule has 0 atom stereocenters. The lowest BCUT2D eigenvalue weighted by atomic mass is 10.1. The fourth-order valence-corrected chi connectivity index (χ4v) is 2.12. The van der Waals surface area contributed by atoms with Crippen LogP contribution in [0.3, 0.4) is 0 Å². The van der Waals surface area contributed by atoms with Crippen LogP contribution in [0, 0.1) is 6.92 Å². The summed E-state index contributed by atoms with van der Waals surface area (Å²) in [4.78, 5) is 0.